The Morgan fingerprint density at radius 3 is 2.41 bits per heavy atom. The summed E-state index contributed by atoms with van der Waals surface area (Å²) in [6.45, 7) is 5.88. The van der Waals surface area contributed by atoms with Gasteiger partial charge < -0.3 is 30.5 Å². The molecule has 2 heterocycles. The van der Waals surface area contributed by atoms with Crippen molar-refractivity contribution in [3.8, 4) is 0 Å². The lowest BCUT2D eigenvalue weighted by atomic mass is 9.81. The maximum absolute atomic E-state index is 13.5. The Labute approximate surface area is 241 Å². The van der Waals surface area contributed by atoms with E-state index < -0.39 is 17.7 Å². The van der Waals surface area contributed by atoms with Gasteiger partial charge in [0.2, 0.25) is 11.8 Å². The fraction of sp³-hybridized carbons (Fsp3) is 0.484. The molecule has 1 atom stereocenters. The molecule has 4 rings (SSSR count). The molecule has 10 heteroatoms. The molecule has 5 amide bonds. The second-order valence-corrected chi connectivity index (χ2v) is 10.8. The number of carbonyl (C=O) groups is 4. The van der Waals surface area contributed by atoms with Crippen molar-refractivity contribution in [2.75, 3.05) is 31.5 Å². The monoisotopic (exact) mass is 563 g/mol. The summed E-state index contributed by atoms with van der Waals surface area (Å²) in [7, 11) is 0. The van der Waals surface area contributed by atoms with Crippen LogP contribution in [0.5, 0.6) is 0 Å². The van der Waals surface area contributed by atoms with Gasteiger partial charge in [0.1, 0.15) is 18.2 Å². The number of unbranched alkanes of at least 4 members (excludes halogenated alkanes) is 1. The molecule has 0 unspecified atom stereocenters. The molecule has 2 aliphatic rings. The summed E-state index contributed by atoms with van der Waals surface area (Å²) in [4.78, 5) is 55.3. The van der Waals surface area contributed by atoms with Crippen molar-refractivity contribution in [1.29, 1.82) is 0 Å². The van der Waals surface area contributed by atoms with Crippen LogP contribution in [0.1, 0.15) is 56.6 Å². The first-order valence-corrected chi connectivity index (χ1v) is 14.5. The molecule has 0 radical (unpaired) electrons. The van der Waals surface area contributed by atoms with Crippen LogP contribution in [0.3, 0.4) is 0 Å². The third-order valence-corrected chi connectivity index (χ3v) is 7.84. The molecule has 2 saturated heterocycles. The zero-order valence-corrected chi connectivity index (χ0v) is 24.0. The zero-order valence-electron chi connectivity index (χ0n) is 24.0. The van der Waals surface area contributed by atoms with Crippen LogP contribution in [-0.2, 0) is 20.9 Å². The van der Waals surface area contributed by atoms with Crippen molar-refractivity contribution in [2.45, 2.75) is 70.6 Å². The van der Waals surface area contributed by atoms with E-state index >= 15 is 0 Å². The second-order valence-electron chi connectivity index (χ2n) is 10.8. The van der Waals surface area contributed by atoms with Crippen LogP contribution in [0.2, 0.25) is 0 Å². The van der Waals surface area contributed by atoms with E-state index in [1.807, 2.05) is 68.4 Å². The number of hydrogen-bond acceptors (Lipinski definition) is 5. The molecule has 1 spiro atoms. The van der Waals surface area contributed by atoms with Crippen molar-refractivity contribution in [3.63, 3.8) is 0 Å². The van der Waals surface area contributed by atoms with Crippen LogP contribution in [0.25, 0.3) is 0 Å². The van der Waals surface area contributed by atoms with Crippen LogP contribution in [0.4, 0.5) is 15.3 Å². The number of rotatable bonds is 10. The number of nitrogens with zero attached hydrogens (tertiary/aromatic N) is 2. The van der Waals surface area contributed by atoms with Gasteiger partial charge in [0.15, 0.2) is 0 Å². The van der Waals surface area contributed by atoms with Gasteiger partial charge in [-0.3, -0.25) is 9.59 Å². The maximum atomic E-state index is 13.5. The van der Waals surface area contributed by atoms with Crippen LogP contribution in [0, 0.1) is 6.92 Å². The van der Waals surface area contributed by atoms with E-state index in [1.165, 1.54) is 0 Å². The molecular formula is C31H41N5O5. The average Bonchev–Trinajstić information content (AvgIpc) is 2.98. The number of ether oxygens (including phenoxy) is 1. The lowest BCUT2D eigenvalue weighted by Gasteiger charge is -2.51. The molecule has 41 heavy (non-hydrogen) atoms. The van der Waals surface area contributed by atoms with E-state index in [-0.39, 0.29) is 24.5 Å². The van der Waals surface area contributed by atoms with E-state index in [9.17, 15) is 19.2 Å². The van der Waals surface area contributed by atoms with Crippen LogP contribution < -0.4 is 16.0 Å². The Morgan fingerprint density at radius 2 is 1.73 bits per heavy atom. The number of aryl methyl sites for hydroxylation is 1. The maximum Gasteiger partial charge on any atom is 0.407 e. The molecule has 220 valence electrons. The Morgan fingerprint density at radius 1 is 1.02 bits per heavy atom. The van der Waals surface area contributed by atoms with Crippen LogP contribution in [-0.4, -0.2) is 71.5 Å². The summed E-state index contributed by atoms with van der Waals surface area (Å²) >= 11 is 0. The van der Waals surface area contributed by atoms with E-state index in [0.717, 1.165) is 23.2 Å². The highest BCUT2D eigenvalue weighted by Gasteiger charge is 2.53. The Kier molecular flexibility index (Phi) is 10.2. The number of amides is 5. The molecule has 10 nitrogen and oxygen atoms in total. The number of piperazine rings is 1. The first-order chi connectivity index (χ1) is 19.8. The SMILES string of the molecule is CCCN1C(=O)[C@H](CCCCNC(=O)OCc2ccccc2)NC(=O)C12CCN(C(=O)Nc1ccc(C)cc1)CC2. The highest BCUT2D eigenvalue weighted by Crippen LogP contribution is 2.34. The number of hydrogen-bond donors (Lipinski definition) is 3. The number of benzene rings is 2. The molecule has 3 N–H and O–H groups in total. The molecule has 2 aliphatic heterocycles. The molecule has 0 saturated carbocycles. The van der Waals surface area contributed by atoms with Gasteiger partial charge in [-0.1, -0.05) is 55.0 Å². The van der Waals surface area contributed by atoms with Gasteiger partial charge in [-0.2, -0.15) is 0 Å². The summed E-state index contributed by atoms with van der Waals surface area (Å²) in [5, 5.41) is 8.64. The average molecular weight is 564 g/mol. The van der Waals surface area contributed by atoms with E-state index in [2.05, 4.69) is 16.0 Å². The van der Waals surface area contributed by atoms with Gasteiger partial charge in [0, 0.05) is 31.9 Å². The number of piperidine rings is 1. The lowest BCUT2D eigenvalue weighted by Crippen LogP contribution is -2.73. The minimum Gasteiger partial charge on any atom is -0.445 e. The van der Waals surface area contributed by atoms with Crippen molar-refractivity contribution >= 4 is 29.6 Å². The summed E-state index contributed by atoms with van der Waals surface area (Å²) in [6.07, 6.45) is 2.86. The molecule has 2 fully saturated rings. The van der Waals surface area contributed by atoms with Crippen LogP contribution >= 0.6 is 0 Å². The van der Waals surface area contributed by atoms with E-state index in [1.54, 1.807) is 9.80 Å². The normalized spacial score (nSPS) is 18.1. The number of nitrogens with one attached hydrogen (secondary N) is 3. The standard InChI is InChI=1S/C31H41N5O5/c1-3-19-36-27(37)26(11-7-8-18-32-30(40)41-22-24-9-5-4-6-10-24)34-28(38)31(36)16-20-35(21-17-31)29(39)33-25-14-12-23(2)13-15-25/h4-6,9-10,12-15,26H,3,7-8,11,16-22H2,1-2H3,(H,32,40)(H,33,39)(H,34,38)/t26-/m0/s1. The van der Waals surface area contributed by atoms with E-state index in [0.29, 0.717) is 58.3 Å². The largest absolute Gasteiger partial charge is 0.445 e. The van der Waals surface area contributed by atoms with E-state index in [4.69, 9.17) is 4.74 Å². The summed E-state index contributed by atoms with van der Waals surface area (Å²) in [5.74, 6) is -0.212. The molecule has 2 aromatic carbocycles. The van der Waals surface area contributed by atoms with Gasteiger partial charge in [-0.15, -0.1) is 0 Å². The Balaban J connectivity index is 1.23. The first-order valence-electron chi connectivity index (χ1n) is 14.5. The molecule has 0 aromatic heterocycles. The van der Waals surface area contributed by atoms with Gasteiger partial charge in [0.05, 0.1) is 0 Å². The first kappa shape index (κ1) is 29.9. The predicted molar refractivity (Wildman–Crippen MR) is 156 cm³/mol. The van der Waals surface area contributed by atoms with Gasteiger partial charge >= 0.3 is 12.1 Å². The molecule has 0 aliphatic carbocycles. The molecule has 0 bridgehead atoms. The summed E-state index contributed by atoms with van der Waals surface area (Å²) in [6, 6.07) is 16.3. The Hall–Kier alpha value is -4.08. The van der Waals surface area contributed by atoms with Crippen molar-refractivity contribution in [3.05, 3.63) is 65.7 Å². The predicted octanol–water partition coefficient (Wildman–Crippen LogP) is 4.20. The minimum atomic E-state index is -0.936. The molecular weight excluding hydrogens is 522 g/mol. The Bertz CT molecular complexity index is 1200. The number of alkyl carbamates (subject to hydrolysis) is 1. The second kappa shape index (κ2) is 14.0. The third kappa shape index (κ3) is 7.56. The lowest BCUT2D eigenvalue weighted by molar-refractivity contribution is -0.160. The number of urea groups is 1. The van der Waals surface area contributed by atoms with Gasteiger partial charge in [0.25, 0.3) is 0 Å². The van der Waals surface area contributed by atoms with Crippen molar-refractivity contribution in [1.82, 2.24) is 20.4 Å². The van der Waals surface area contributed by atoms with Gasteiger partial charge in [-0.25, -0.2) is 9.59 Å². The highest BCUT2D eigenvalue weighted by atomic mass is 16.5. The fourth-order valence-corrected chi connectivity index (χ4v) is 5.47. The van der Waals surface area contributed by atoms with Crippen LogP contribution in [0.15, 0.2) is 54.6 Å². The van der Waals surface area contributed by atoms with Crippen molar-refractivity contribution in [2.24, 2.45) is 0 Å². The fourth-order valence-electron chi connectivity index (χ4n) is 5.47. The van der Waals surface area contributed by atoms with Gasteiger partial charge in [-0.05, 0) is 63.1 Å². The third-order valence-electron chi connectivity index (χ3n) is 7.84. The van der Waals surface area contributed by atoms with Crippen molar-refractivity contribution < 1.29 is 23.9 Å². The number of anilines is 1. The quantitative estimate of drug-likeness (QED) is 0.375. The smallest absolute Gasteiger partial charge is 0.407 e. The number of likely N-dealkylation sites (tertiary alicyclic amines) is 1. The number of carbonyl (C=O) groups excluding carboxylic acids is 4. The summed E-state index contributed by atoms with van der Waals surface area (Å²) in [5.41, 5.74) is 1.82. The minimum absolute atomic E-state index is 0.0702. The summed E-state index contributed by atoms with van der Waals surface area (Å²) < 4.78 is 5.22. The molecule has 2 aromatic rings. The topological polar surface area (TPSA) is 120 Å². The zero-order chi connectivity index (χ0) is 29.2. The highest BCUT2D eigenvalue weighted by molar-refractivity contribution is 6.00.